The first-order valence-electron chi connectivity index (χ1n) is 36.9. The number of azide groups is 1. The Kier molecular flexibility index (Phi) is 41.7. The first-order chi connectivity index (χ1) is 48.6. The molecule has 2 heterocycles. The fraction of sp³-hybridized carbons (Fsp3) is 0.775. The molecule has 1 saturated heterocycles. The number of esters is 1. The number of fused-ring (bicyclic) bond motifs is 2. The lowest BCUT2D eigenvalue weighted by atomic mass is 9.89. The van der Waals surface area contributed by atoms with E-state index in [9.17, 15) is 63.9 Å². The van der Waals surface area contributed by atoms with Crippen molar-refractivity contribution in [2.24, 2.45) is 40.4 Å². The monoisotopic (exact) mass is 1430 g/mol. The molecular formula is C71H118N12O18. The minimum absolute atomic E-state index is 0.0119. The number of nitrogens with one attached hydrogen (secondary N) is 5. The Hall–Kier alpha value is -7.05. The largest absolute Gasteiger partial charge is 0.460 e. The third-order valence-electron chi connectivity index (χ3n) is 18.9. The van der Waals surface area contributed by atoms with Gasteiger partial charge in [-0.2, -0.15) is 0 Å². The van der Waals surface area contributed by atoms with E-state index < -0.39 is 104 Å². The van der Waals surface area contributed by atoms with Gasteiger partial charge in [-0.3, -0.25) is 24.0 Å². The van der Waals surface area contributed by atoms with Crippen LogP contribution in [0.4, 0.5) is 20.1 Å². The van der Waals surface area contributed by atoms with Gasteiger partial charge < -0.3 is 81.5 Å². The van der Waals surface area contributed by atoms with E-state index in [4.69, 9.17) is 34.9 Å². The van der Waals surface area contributed by atoms with Crippen molar-refractivity contribution < 1.29 is 87.6 Å². The number of carbonyl (C=O) groups is 8. The van der Waals surface area contributed by atoms with Crippen LogP contribution in [0.15, 0.2) is 29.4 Å². The SMILES string of the molecule is CCC(=O)CCCN=[N+]=[N-].CCCCCCCCCCCCCC[C@@H](OC(=O)CCC)[C@@H](O)[C@H](CO[C@H]1OC(CO)[C@H](O)[C@H](O)C1O)NC(=O)OCc1ccc(NC(=O)[C@H](CCCNC(N)=O)CC(=O)[C@@H](NC(=O)OCC2C3CCc4nnn(CCCCC(=O)NC)c4CCC32)C(C)C)cc1. The molecule has 13 atom stereocenters. The average molecular weight is 1430 g/mol. The van der Waals surface area contributed by atoms with Gasteiger partial charge in [0, 0.05) is 75.3 Å². The second-order valence-electron chi connectivity index (χ2n) is 27.1. The highest BCUT2D eigenvalue weighted by Gasteiger charge is 2.51. The Bertz CT molecular complexity index is 2840. The van der Waals surface area contributed by atoms with Crippen LogP contribution < -0.4 is 32.3 Å². The molecule has 30 heteroatoms. The number of ketones is 2. The number of aliphatic hydroxyl groups is 5. The van der Waals surface area contributed by atoms with Crippen molar-refractivity contribution in [1.82, 2.24) is 36.3 Å². The van der Waals surface area contributed by atoms with Crippen molar-refractivity contribution >= 4 is 53.3 Å². The van der Waals surface area contributed by atoms with E-state index in [2.05, 4.69) is 53.8 Å². The number of nitrogens with zero attached hydrogens (tertiary/aromatic N) is 6. The Morgan fingerprint density at radius 2 is 1.45 bits per heavy atom. The summed E-state index contributed by atoms with van der Waals surface area (Å²) in [6, 6.07) is 3.28. The van der Waals surface area contributed by atoms with Crippen molar-refractivity contribution in [1.29, 1.82) is 0 Å². The van der Waals surface area contributed by atoms with Crippen LogP contribution in [0, 0.1) is 29.6 Å². The van der Waals surface area contributed by atoms with Crippen molar-refractivity contribution in [3.63, 3.8) is 0 Å². The van der Waals surface area contributed by atoms with Crippen molar-refractivity contribution in [3.8, 4) is 0 Å². The molecule has 0 spiro atoms. The number of unbranched alkanes of at least 4 members (excludes halogenated alkanes) is 12. The quantitative estimate of drug-likeness (QED) is 0.00746. The topological polar surface area (TPSA) is 449 Å². The highest BCUT2D eigenvalue weighted by atomic mass is 16.7. The lowest BCUT2D eigenvalue weighted by molar-refractivity contribution is -0.303. The van der Waals surface area contributed by atoms with Crippen LogP contribution in [0.25, 0.3) is 10.4 Å². The summed E-state index contributed by atoms with van der Waals surface area (Å²) in [7, 11) is 1.63. The number of urea groups is 1. The molecule has 0 bridgehead atoms. The van der Waals surface area contributed by atoms with Crippen LogP contribution in [0.3, 0.4) is 0 Å². The van der Waals surface area contributed by atoms with Crippen LogP contribution in [-0.4, -0.2) is 183 Å². The third kappa shape index (κ3) is 32.4. The van der Waals surface area contributed by atoms with Gasteiger partial charge in [0.15, 0.2) is 12.1 Å². The Morgan fingerprint density at radius 3 is 2.07 bits per heavy atom. The van der Waals surface area contributed by atoms with Crippen molar-refractivity contribution in [2.45, 2.75) is 283 Å². The predicted octanol–water partition coefficient (Wildman–Crippen LogP) is 7.98. The molecule has 2 aromatic rings. The van der Waals surface area contributed by atoms with Gasteiger partial charge >= 0.3 is 24.2 Å². The van der Waals surface area contributed by atoms with E-state index in [0.29, 0.717) is 81.1 Å². The zero-order chi connectivity index (χ0) is 74.1. The molecule has 6 amide bonds. The molecular weight excluding hydrogens is 1310 g/mol. The fourth-order valence-electron chi connectivity index (χ4n) is 12.8. The summed E-state index contributed by atoms with van der Waals surface area (Å²) >= 11 is 0. The summed E-state index contributed by atoms with van der Waals surface area (Å²) in [5, 5.41) is 78.7. The van der Waals surface area contributed by atoms with Crippen molar-refractivity contribution in [3.05, 3.63) is 51.7 Å². The van der Waals surface area contributed by atoms with Gasteiger partial charge in [0.1, 0.15) is 49.0 Å². The molecule has 1 saturated carbocycles. The van der Waals surface area contributed by atoms with Crippen LogP contribution in [0.5, 0.6) is 0 Å². The Morgan fingerprint density at radius 1 is 0.782 bits per heavy atom. The fourth-order valence-corrected chi connectivity index (χ4v) is 12.8. The highest BCUT2D eigenvalue weighted by molar-refractivity contribution is 5.97. The van der Waals surface area contributed by atoms with E-state index in [1.54, 1.807) is 45.2 Å². The average Bonchev–Trinajstić information content (AvgIpc) is 1.62. The smallest absolute Gasteiger partial charge is 0.407 e. The number of rotatable bonds is 48. The number of ether oxygens (including phenoxy) is 5. The third-order valence-corrected chi connectivity index (χ3v) is 18.9. The lowest BCUT2D eigenvalue weighted by Gasteiger charge is -2.40. The van der Waals surface area contributed by atoms with Crippen LogP contribution in [0.1, 0.15) is 219 Å². The molecule has 101 heavy (non-hydrogen) atoms. The maximum absolute atomic E-state index is 14.1. The van der Waals surface area contributed by atoms with Crippen molar-refractivity contribution in [2.75, 3.05) is 45.3 Å². The summed E-state index contributed by atoms with van der Waals surface area (Å²) in [6.45, 7) is 9.31. The molecule has 5 rings (SSSR count). The van der Waals surface area contributed by atoms with Gasteiger partial charge in [0.05, 0.1) is 43.3 Å². The Balaban J connectivity index is 0.00000200. The van der Waals surface area contributed by atoms with Gasteiger partial charge in [-0.15, -0.1) is 5.10 Å². The number of carbonyl (C=O) groups excluding carboxylic acids is 8. The molecule has 12 N–H and O–H groups in total. The number of primary amides is 1. The molecule has 2 aliphatic carbocycles. The lowest BCUT2D eigenvalue weighted by Crippen LogP contribution is -2.60. The van der Waals surface area contributed by atoms with Crippen LogP contribution in [0.2, 0.25) is 0 Å². The van der Waals surface area contributed by atoms with E-state index in [1.807, 2.05) is 18.5 Å². The number of hydrogen-bond donors (Lipinski definition) is 11. The number of aryl methyl sites for hydroxylation is 2. The van der Waals surface area contributed by atoms with E-state index >= 15 is 0 Å². The van der Waals surface area contributed by atoms with Gasteiger partial charge in [0.25, 0.3) is 0 Å². The number of amides is 6. The van der Waals surface area contributed by atoms with Gasteiger partial charge in [-0.25, -0.2) is 19.1 Å². The van der Waals surface area contributed by atoms with Crippen LogP contribution in [-0.2, 0) is 73.7 Å². The highest BCUT2D eigenvalue weighted by Crippen LogP contribution is 2.53. The summed E-state index contributed by atoms with van der Waals surface area (Å²) < 4.78 is 30.4. The number of aromatic nitrogens is 3. The molecule has 3 aliphatic rings. The van der Waals surface area contributed by atoms with Gasteiger partial charge in [0.2, 0.25) is 11.8 Å². The normalized spacial score (nSPS) is 20.6. The second kappa shape index (κ2) is 48.8. The molecule has 1 aromatic heterocycles. The zero-order valence-electron chi connectivity index (χ0n) is 60.4. The molecule has 1 aromatic carbocycles. The maximum Gasteiger partial charge on any atom is 0.407 e. The van der Waals surface area contributed by atoms with Gasteiger partial charge in [-0.05, 0) is 124 Å². The molecule has 30 nitrogen and oxygen atoms in total. The van der Waals surface area contributed by atoms with E-state index in [0.717, 1.165) is 75.6 Å². The summed E-state index contributed by atoms with van der Waals surface area (Å²) in [5.41, 5.74) is 16.1. The summed E-state index contributed by atoms with van der Waals surface area (Å²) in [4.78, 5) is 104. The molecule has 5 unspecified atom stereocenters. The molecule has 570 valence electrons. The standard InChI is InChI=1S/C65H107N9O17.C6H11N3O/c1-6-8-9-10-11-12-13-14-15-16-17-18-24-52(90-55(78)22-7-2)57(79)49(40-87-62-60(82)59(81)58(80)53(37-75)91-62)70-64(85)88-38-42-26-28-44(29-27-42)69-61(83)43(23-21-34-68-63(66)84)36-51(76)56(41(3)4)71-65(86)89-39-47-45-30-32-48-50(33-31-46(45)47)74(73-72-48)35-20-19-25-54(77)67-5;1-2-6(10)4-3-5-8-9-7/h26-29,41,43,45-47,49,52-53,56-60,62,75,79-82H,6-25,30-40H2,1-5H3,(H,67,77)(H,69,83)(H,70,85)(H,71,86)(H3,66,68,84);2-5H2,1H3/t43-,45?,46?,47?,49+,52-,53?,56+,57+,58+,59+,60?,62+;/m1./s1. The number of Topliss-reactive ketones (excluding diaryl/α,β-unsaturated/α-hetero) is 2. The van der Waals surface area contributed by atoms with E-state index in [1.165, 1.54) is 44.9 Å². The minimum atomic E-state index is -1.78. The Labute approximate surface area is 594 Å². The second-order valence-corrected chi connectivity index (χ2v) is 27.1. The predicted molar refractivity (Wildman–Crippen MR) is 375 cm³/mol. The molecule has 2 fully saturated rings. The summed E-state index contributed by atoms with van der Waals surface area (Å²) in [5.74, 6) is -1.53. The number of benzene rings is 1. The number of aliphatic hydroxyl groups excluding tert-OH is 5. The zero-order valence-corrected chi connectivity index (χ0v) is 60.4. The summed E-state index contributed by atoms with van der Waals surface area (Å²) in [6.07, 6.45) is 8.91. The molecule has 0 radical (unpaired) electrons. The van der Waals surface area contributed by atoms with Crippen LogP contribution >= 0.6 is 0 Å². The first-order valence-corrected chi connectivity index (χ1v) is 36.9. The molecule has 1 aliphatic heterocycles. The van der Waals surface area contributed by atoms with E-state index in [-0.39, 0.29) is 74.8 Å². The number of nitrogens with two attached hydrogens (primary N) is 1. The number of alkyl carbamates (subject to hydrolysis) is 2. The van der Waals surface area contributed by atoms with Gasteiger partial charge in [-0.1, -0.05) is 128 Å². The maximum atomic E-state index is 14.1. The first kappa shape index (κ1) is 86.4. The number of hydrogen-bond acceptors (Lipinski definition) is 21. The number of anilines is 1. The minimum Gasteiger partial charge on any atom is -0.460 e.